The van der Waals surface area contributed by atoms with Crippen molar-refractivity contribution >= 4 is 21.7 Å². The minimum absolute atomic E-state index is 0.00546. The number of ketones is 1. The normalized spacial score (nSPS) is 11.7. The van der Waals surface area contributed by atoms with Crippen molar-refractivity contribution in [3.63, 3.8) is 0 Å². The Bertz CT molecular complexity index is 631. The zero-order valence-electron chi connectivity index (χ0n) is 13.4. The van der Waals surface area contributed by atoms with E-state index in [4.69, 9.17) is 0 Å². The van der Waals surface area contributed by atoms with Crippen molar-refractivity contribution in [2.45, 2.75) is 45.4 Å². The fraction of sp³-hybridized carbons (Fsp3) is 0.500. The third-order valence-corrected chi connectivity index (χ3v) is 4.66. The van der Waals surface area contributed by atoms with Crippen molar-refractivity contribution < 1.29 is 18.0 Å². The first-order valence-corrected chi connectivity index (χ1v) is 8.80. The molecular formula is C16H23NO4S. The molecule has 0 fully saturated rings. The van der Waals surface area contributed by atoms with Crippen LogP contribution in [0.3, 0.4) is 0 Å². The van der Waals surface area contributed by atoms with E-state index < -0.39 is 21.8 Å². The Morgan fingerprint density at radius 1 is 1.00 bits per heavy atom. The summed E-state index contributed by atoms with van der Waals surface area (Å²) in [4.78, 5) is 23.1. The number of carbonyl (C=O) groups is 2. The van der Waals surface area contributed by atoms with Gasteiger partial charge in [-0.05, 0) is 24.1 Å². The van der Waals surface area contributed by atoms with Gasteiger partial charge in [-0.3, -0.25) is 9.59 Å². The van der Waals surface area contributed by atoms with Gasteiger partial charge in [-0.2, -0.15) is 0 Å². The molecule has 1 aromatic rings. The van der Waals surface area contributed by atoms with E-state index in [1.165, 1.54) is 12.1 Å². The summed E-state index contributed by atoms with van der Waals surface area (Å²) in [5.74, 6) is -0.755. The summed E-state index contributed by atoms with van der Waals surface area (Å²) >= 11 is 0. The Balaban J connectivity index is 2.76. The third-order valence-electron chi connectivity index (χ3n) is 3.30. The maximum Gasteiger partial charge on any atom is 0.264 e. The molecule has 22 heavy (non-hydrogen) atoms. The smallest absolute Gasteiger partial charge is 0.264 e. The Morgan fingerprint density at radius 2 is 1.55 bits per heavy atom. The maximum atomic E-state index is 12.0. The fourth-order valence-electron chi connectivity index (χ4n) is 1.70. The molecule has 0 radical (unpaired) electrons. The third kappa shape index (κ3) is 5.26. The first-order valence-electron chi connectivity index (χ1n) is 7.32. The van der Waals surface area contributed by atoms with E-state index in [9.17, 15) is 18.0 Å². The van der Waals surface area contributed by atoms with Crippen molar-refractivity contribution in [2.75, 3.05) is 0 Å². The Labute approximate surface area is 132 Å². The summed E-state index contributed by atoms with van der Waals surface area (Å²) in [5, 5.41) is 0. The summed E-state index contributed by atoms with van der Waals surface area (Å²) in [6.45, 7) is 6.96. The average Bonchev–Trinajstić information content (AvgIpc) is 2.44. The van der Waals surface area contributed by atoms with Crippen molar-refractivity contribution in [2.24, 2.45) is 11.8 Å². The number of benzene rings is 1. The van der Waals surface area contributed by atoms with Gasteiger partial charge in [0.1, 0.15) is 5.78 Å². The van der Waals surface area contributed by atoms with Crippen LogP contribution in [0.2, 0.25) is 0 Å². The molecular weight excluding hydrogens is 302 g/mol. The van der Waals surface area contributed by atoms with E-state index in [0.29, 0.717) is 12.8 Å². The van der Waals surface area contributed by atoms with E-state index in [2.05, 4.69) is 0 Å². The number of amides is 1. The quantitative estimate of drug-likeness (QED) is 0.834. The van der Waals surface area contributed by atoms with Crippen molar-refractivity contribution in [1.29, 1.82) is 0 Å². The summed E-state index contributed by atoms with van der Waals surface area (Å²) in [5.41, 5.74) is 0.892. The number of Topliss-reactive ketones (excluding diaryl/α,β-unsaturated/α-hetero) is 1. The summed E-state index contributed by atoms with van der Waals surface area (Å²) in [6, 6.07) is 6.24. The van der Waals surface area contributed by atoms with E-state index in [-0.39, 0.29) is 16.6 Å². The summed E-state index contributed by atoms with van der Waals surface area (Å²) < 4.78 is 26.1. The maximum absolute atomic E-state index is 12.0. The second-order valence-electron chi connectivity index (χ2n) is 5.89. The van der Waals surface area contributed by atoms with Crippen LogP contribution in [0.15, 0.2) is 29.2 Å². The lowest BCUT2D eigenvalue weighted by Crippen LogP contribution is -2.33. The zero-order chi connectivity index (χ0) is 16.9. The van der Waals surface area contributed by atoms with Gasteiger partial charge in [0.15, 0.2) is 0 Å². The molecule has 0 saturated carbocycles. The highest BCUT2D eigenvalue weighted by molar-refractivity contribution is 7.90. The molecule has 0 aliphatic rings. The lowest BCUT2D eigenvalue weighted by molar-refractivity contribution is -0.122. The van der Waals surface area contributed by atoms with Crippen LogP contribution >= 0.6 is 0 Å². The largest absolute Gasteiger partial charge is 0.299 e. The summed E-state index contributed by atoms with van der Waals surface area (Å²) in [6.07, 6.45) is 1.02. The number of rotatable bonds is 7. The molecule has 1 N–H and O–H groups in total. The van der Waals surface area contributed by atoms with Gasteiger partial charge < -0.3 is 0 Å². The van der Waals surface area contributed by atoms with Gasteiger partial charge in [0.2, 0.25) is 5.91 Å². The molecule has 0 atom stereocenters. The van der Waals surface area contributed by atoms with Crippen molar-refractivity contribution in [1.82, 2.24) is 4.72 Å². The van der Waals surface area contributed by atoms with Gasteiger partial charge in [0.25, 0.3) is 10.0 Å². The Morgan fingerprint density at radius 3 is 2.00 bits per heavy atom. The van der Waals surface area contributed by atoms with Gasteiger partial charge in [0, 0.05) is 18.3 Å². The Kier molecular flexibility index (Phi) is 6.29. The number of hydrogen-bond donors (Lipinski definition) is 1. The van der Waals surface area contributed by atoms with Crippen LogP contribution in [0.1, 0.15) is 39.7 Å². The molecule has 5 nitrogen and oxygen atoms in total. The van der Waals surface area contributed by atoms with E-state index in [1.54, 1.807) is 26.0 Å². The second kappa shape index (κ2) is 7.54. The molecule has 0 unspecified atom stereocenters. The molecule has 0 heterocycles. The van der Waals surface area contributed by atoms with Crippen LogP contribution in [0.25, 0.3) is 0 Å². The van der Waals surface area contributed by atoms with Crippen LogP contribution in [0.5, 0.6) is 0 Å². The molecule has 0 bridgehead atoms. The number of carbonyl (C=O) groups excluding carboxylic acids is 2. The van der Waals surface area contributed by atoms with Crippen LogP contribution in [-0.2, 0) is 26.0 Å². The minimum atomic E-state index is -3.83. The first kappa shape index (κ1) is 18.4. The number of nitrogens with one attached hydrogen (secondary N) is 1. The van der Waals surface area contributed by atoms with Gasteiger partial charge in [-0.15, -0.1) is 0 Å². The highest BCUT2D eigenvalue weighted by Gasteiger charge is 2.19. The zero-order valence-corrected chi connectivity index (χ0v) is 14.2. The predicted molar refractivity (Wildman–Crippen MR) is 84.8 cm³/mol. The highest BCUT2D eigenvalue weighted by Crippen LogP contribution is 2.13. The van der Waals surface area contributed by atoms with Gasteiger partial charge >= 0.3 is 0 Å². The van der Waals surface area contributed by atoms with Crippen molar-refractivity contribution in [3.8, 4) is 0 Å². The number of hydrogen-bond acceptors (Lipinski definition) is 4. The van der Waals surface area contributed by atoms with Crippen LogP contribution < -0.4 is 4.72 Å². The van der Waals surface area contributed by atoms with Crippen molar-refractivity contribution in [3.05, 3.63) is 29.8 Å². The lowest BCUT2D eigenvalue weighted by Gasteiger charge is -2.09. The molecule has 0 spiro atoms. The second-order valence-corrected chi connectivity index (χ2v) is 7.57. The number of sulfonamides is 1. The minimum Gasteiger partial charge on any atom is -0.299 e. The molecule has 1 rings (SSSR count). The molecule has 1 amide bonds. The summed E-state index contributed by atoms with van der Waals surface area (Å²) in [7, 11) is -3.83. The van der Waals surface area contributed by atoms with Gasteiger partial charge in [-0.25, -0.2) is 13.1 Å². The SMILES string of the molecule is CC(C)C(=O)CCc1ccc(S(=O)(=O)NC(=O)C(C)C)cc1. The highest BCUT2D eigenvalue weighted by atomic mass is 32.2. The van der Waals surface area contributed by atoms with Gasteiger partial charge in [-0.1, -0.05) is 39.8 Å². The molecule has 6 heteroatoms. The average molecular weight is 325 g/mol. The van der Waals surface area contributed by atoms with E-state index in [1.807, 2.05) is 18.6 Å². The standard InChI is InChI=1S/C16H23NO4S/c1-11(2)15(18)10-7-13-5-8-14(9-6-13)22(20,21)17-16(19)12(3)4/h5-6,8-9,11-12H,7,10H2,1-4H3,(H,17,19). The molecule has 0 aliphatic carbocycles. The monoisotopic (exact) mass is 325 g/mol. The predicted octanol–water partition coefficient (Wildman–Crippen LogP) is 2.31. The topological polar surface area (TPSA) is 80.3 Å². The molecule has 1 aromatic carbocycles. The number of aryl methyl sites for hydroxylation is 1. The first-order chi connectivity index (χ1) is 10.1. The molecule has 122 valence electrons. The van der Waals surface area contributed by atoms with E-state index in [0.717, 1.165) is 5.56 Å². The Hall–Kier alpha value is -1.69. The molecule has 0 aromatic heterocycles. The fourth-order valence-corrected chi connectivity index (χ4v) is 2.81. The van der Waals surface area contributed by atoms with Crippen LogP contribution in [0.4, 0.5) is 0 Å². The van der Waals surface area contributed by atoms with Crippen LogP contribution in [-0.4, -0.2) is 20.1 Å². The molecule has 0 saturated heterocycles. The van der Waals surface area contributed by atoms with Crippen LogP contribution in [0, 0.1) is 11.8 Å². The lowest BCUT2D eigenvalue weighted by atomic mass is 10.0. The molecule has 0 aliphatic heterocycles. The van der Waals surface area contributed by atoms with Gasteiger partial charge in [0.05, 0.1) is 4.90 Å². The van der Waals surface area contributed by atoms with E-state index >= 15 is 0 Å².